The van der Waals surface area contributed by atoms with Crippen LogP contribution in [0.2, 0.25) is 0 Å². The summed E-state index contributed by atoms with van der Waals surface area (Å²) in [5.41, 5.74) is 0.275. The summed E-state index contributed by atoms with van der Waals surface area (Å²) in [6.07, 6.45) is 1.45. The molecule has 1 aromatic heterocycles. The molecule has 0 saturated heterocycles. The lowest BCUT2D eigenvalue weighted by atomic mass is 10.2. The number of nitro groups is 1. The fourth-order valence-electron chi connectivity index (χ4n) is 2.69. The highest BCUT2D eigenvalue weighted by Crippen LogP contribution is 2.29. The summed E-state index contributed by atoms with van der Waals surface area (Å²) in [7, 11) is 0. The fourth-order valence-corrected chi connectivity index (χ4v) is 2.69. The molecule has 2 aromatic carbocycles. The van der Waals surface area contributed by atoms with Crippen LogP contribution in [0.3, 0.4) is 0 Å². The summed E-state index contributed by atoms with van der Waals surface area (Å²) in [5, 5.41) is 17.8. The molecule has 9 nitrogen and oxygen atoms in total. The van der Waals surface area contributed by atoms with E-state index in [2.05, 4.69) is 10.4 Å². The maximum Gasteiger partial charge on any atom is 0.296 e. The van der Waals surface area contributed by atoms with Crippen LogP contribution >= 0.6 is 0 Å². The molecule has 3 rings (SSSR count). The van der Waals surface area contributed by atoms with Crippen molar-refractivity contribution >= 4 is 17.3 Å². The molecule has 148 valence electrons. The molecule has 29 heavy (non-hydrogen) atoms. The first-order chi connectivity index (χ1) is 13.9. The quantitative estimate of drug-likeness (QED) is 0.507. The number of aryl methyl sites for hydroxylation is 1. The molecule has 0 aliphatic rings. The van der Waals surface area contributed by atoms with E-state index in [9.17, 15) is 19.7 Å². The van der Waals surface area contributed by atoms with Crippen molar-refractivity contribution < 1.29 is 14.5 Å². The number of hydrogen-bond acceptors (Lipinski definition) is 6. The number of hydrogen-bond donors (Lipinski definition) is 1. The smallest absolute Gasteiger partial charge is 0.296 e. The number of nitro benzene ring substituents is 1. The summed E-state index contributed by atoms with van der Waals surface area (Å²) in [5.74, 6) is -0.541. The fraction of sp³-hybridized carbons (Fsp3) is 0.150. The van der Waals surface area contributed by atoms with Crippen LogP contribution in [-0.4, -0.2) is 27.2 Å². The third-order valence-corrected chi connectivity index (χ3v) is 4.01. The number of ether oxygens (including phenoxy) is 1. The first kappa shape index (κ1) is 19.7. The second kappa shape index (κ2) is 8.34. The minimum Gasteiger partial charge on any atom is -0.494 e. The second-order valence-electron chi connectivity index (χ2n) is 6.14. The highest BCUT2D eigenvalue weighted by atomic mass is 16.6. The summed E-state index contributed by atoms with van der Waals surface area (Å²) >= 11 is 0. The molecule has 1 N–H and O–H groups in total. The molecule has 0 radical (unpaired) electrons. The van der Waals surface area contributed by atoms with Gasteiger partial charge >= 0.3 is 0 Å². The van der Waals surface area contributed by atoms with Gasteiger partial charge < -0.3 is 10.1 Å². The number of benzene rings is 2. The second-order valence-corrected chi connectivity index (χ2v) is 6.14. The minimum absolute atomic E-state index is 0.0596. The number of nitrogens with one attached hydrogen (secondary N) is 1. The molecule has 9 heteroatoms. The lowest BCUT2D eigenvalue weighted by molar-refractivity contribution is -0.384. The van der Waals surface area contributed by atoms with Crippen LogP contribution in [0, 0.1) is 17.0 Å². The summed E-state index contributed by atoms with van der Waals surface area (Å²) in [6.45, 7) is 4.00. The Morgan fingerprint density at radius 1 is 1.24 bits per heavy atom. The van der Waals surface area contributed by atoms with Crippen LogP contribution < -0.4 is 15.5 Å². The van der Waals surface area contributed by atoms with Gasteiger partial charge in [0, 0.05) is 12.3 Å². The van der Waals surface area contributed by atoms with Gasteiger partial charge in [0.05, 0.1) is 23.3 Å². The van der Waals surface area contributed by atoms with E-state index in [-0.39, 0.29) is 17.1 Å². The number of aromatic nitrogens is 2. The summed E-state index contributed by atoms with van der Waals surface area (Å²) in [6, 6.07) is 12.6. The molecule has 0 fully saturated rings. The topological polar surface area (TPSA) is 116 Å². The molecule has 0 aliphatic heterocycles. The largest absolute Gasteiger partial charge is 0.494 e. The van der Waals surface area contributed by atoms with Crippen molar-refractivity contribution in [2.75, 3.05) is 11.9 Å². The van der Waals surface area contributed by atoms with E-state index in [0.29, 0.717) is 18.0 Å². The summed E-state index contributed by atoms with van der Waals surface area (Å²) in [4.78, 5) is 35.5. The van der Waals surface area contributed by atoms with Crippen molar-refractivity contribution in [3.8, 4) is 11.4 Å². The Morgan fingerprint density at radius 2 is 2.03 bits per heavy atom. The van der Waals surface area contributed by atoms with Gasteiger partial charge in [-0.3, -0.25) is 19.7 Å². The van der Waals surface area contributed by atoms with Gasteiger partial charge in [-0.1, -0.05) is 12.1 Å². The maximum absolute atomic E-state index is 12.6. The number of rotatable bonds is 6. The molecular formula is C20H18N4O5. The van der Waals surface area contributed by atoms with Crippen LogP contribution in [0.1, 0.15) is 23.0 Å². The average molecular weight is 394 g/mol. The first-order valence-electron chi connectivity index (χ1n) is 8.78. The van der Waals surface area contributed by atoms with E-state index in [1.165, 1.54) is 35.1 Å². The van der Waals surface area contributed by atoms with Crippen LogP contribution in [0.4, 0.5) is 11.4 Å². The SMILES string of the molecule is CCOc1ccc(NC(=O)c2nn(-c3cccc(C)c3)ccc2=O)c([N+](=O)[O-])c1. The Hall–Kier alpha value is -4.01. The van der Waals surface area contributed by atoms with Gasteiger partial charge in [-0.2, -0.15) is 5.10 Å². The lowest BCUT2D eigenvalue weighted by Crippen LogP contribution is -2.25. The van der Waals surface area contributed by atoms with E-state index in [1.54, 1.807) is 13.0 Å². The first-order valence-corrected chi connectivity index (χ1v) is 8.78. The van der Waals surface area contributed by atoms with E-state index < -0.39 is 16.3 Å². The number of nitrogens with zero attached hydrogens (tertiary/aromatic N) is 3. The monoisotopic (exact) mass is 394 g/mol. The van der Waals surface area contributed by atoms with Crippen LogP contribution in [-0.2, 0) is 0 Å². The van der Waals surface area contributed by atoms with Gasteiger partial charge in [-0.15, -0.1) is 0 Å². The van der Waals surface area contributed by atoms with Gasteiger partial charge in [-0.05, 0) is 43.7 Å². The standard InChI is InChI=1S/C20H18N4O5/c1-3-29-15-7-8-16(17(12-15)24(27)28)21-20(26)19-18(25)9-10-23(22-19)14-6-4-5-13(2)11-14/h4-12H,3H2,1-2H3,(H,21,26). The molecule has 1 amide bonds. The molecule has 0 spiro atoms. The Kier molecular flexibility index (Phi) is 5.68. The predicted octanol–water partition coefficient (Wildman–Crippen LogP) is 3.10. The molecular weight excluding hydrogens is 376 g/mol. The Balaban J connectivity index is 1.94. The van der Waals surface area contributed by atoms with Crippen molar-refractivity contribution in [1.82, 2.24) is 9.78 Å². The third-order valence-electron chi connectivity index (χ3n) is 4.01. The van der Waals surface area contributed by atoms with Gasteiger partial charge in [0.25, 0.3) is 11.6 Å². The summed E-state index contributed by atoms with van der Waals surface area (Å²) < 4.78 is 6.65. The van der Waals surface area contributed by atoms with Crippen molar-refractivity contribution in [3.63, 3.8) is 0 Å². The number of carbonyl (C=O) groups excluding carboxylic acids is 1. The zero-order valence-electron chi connectivity index (χ0n) is 15.8. The minimum atomic E-state index is -0.843. The molecule has 0 aliphatic carbocycles. The number of anilines is 1. The van der Waals surface area contributed by atoms with Gasteiger partial charge in [0.15, 0.2) is 5.69 Å². The van der Waals surface area contributed by atoms with Crippen molar-refractivity contribution in [2.24, 2.45) is 0 Å². The molecule has 0 atom stereocenters. The van der Waals surface area contributed by atoms with E-state index in [4.69, 9.17) is 4.74 Å². The highest BCUT2D eigenvalue weighted by Gasteiger charge is 2.20. The van der Waals surface area contributed by atoms with Crippen molar-refractivity contribution in [2.45, 2.75) is 13.8 Å². The van der Waals surface area contributed by atoms with E-state index in [1.807, 2.05) is 25.1 Å². The molecule has 0 saturated carbocycles. The van der Waals surface area contributed by atoms with E-state index in [0.717, 1.165) is 5.56 Å². The number of carbonyl (C=O) groups is 1. The van der Waals surface area contributed by atoms with Crippen LogP contribution in [0.15, 0.2) is 59.5 Å². The van der Waals surface area contributed by atoms with E-state index >= 15 is 0 Å². The number of amides is 1. The lowest BCUT2D eigenvalue weighted by Gasteiger charge is -2.10. The van der Waals surface area contributed by atoms with Gasteiger partial charge in [0.2, 0.25) is 5.43 Å². The Labute approximate surface area is 165 Å². The van der Waals surface area contributed by atoms with Crippen molar-refractivity contribution in [3.05, 3.63) is 86.3 Å². The van der Waals surface area contributed by atoms with Gasteiger partial charge in [0.1, 0.15) is 11.4 Å². The highest BCUT2D eigenvalue weighted by molar-refractivity contribution is 6.04. The van der Waals surface area contributed by atoms with Gasteiger partial charge in [-0.25, -0.2) is 4.68 Å². The zero-order chi connectivity index (χ0) is 21.0. The predicted molar refractivity (Wildman–Crippen MR) is 107 cm³/mol. The van der Waals surface area contributed by atoms with Crippen molar-refractivity contribution in [1.29, 1.82) is 0 Å². The molecule has 3 aromatic rings. The molecule has 0 unspecified atom stereocenters. The Bertz CT molecular complexity index is 1140. The molecule has 0 bridgehead atoms. The normalized spacial score (nSPS) is 10.4. The van der Waals surface area contributed by atoms with Crippen LogP contribution in [0.5, 0.6) is 5.75 Å². The third kappa shape index (κ3) is 4.46. The maximum atomic E-state index is 12.6. The Morgan fingerprint density at radius 3 is 2.72 bits per heavy atom. The average Bonchev–Trinajstić information content (AvgIpc) is 2.69. The molecule has 1 heterocycles. The zero-order valence-corrected chi connectivity index (χ0v) is 15.8. The van der Waals surface area contributed by atoms with Crippen LogP contribution in [0.25, 0.3) is 5.69 Å².